The van der Waals surface area contributed by atoms with Crippen LogP contribution in [0.25, 0.3) is 0 Å². The van der Waals surface area contributed by atoms with Crippen LogP contribution in [0.4, 0.5) is 11.4 Å². The maximum absolute atomic E-state index is 12.8. The summed E-state index contributed by atoms with van der Waals surface area (Å²) in [5, 5.41) is 5.61. The van der Waals surface area contributed by atoms with Gasteiger partial charge in [-0.1, -0.05) is 18.2 Å². The van der Waals surface area contributed by atoms with Gasteiger partial charge < -0.3 is 20.3 Å². The number of carbonyl (C=O) groups excluding carboxylic acids is 4. The molecule has 3 rings (SSSR count). The van der Waals surface area contributed by atoms with E-state index in [9.17, 15) is 19.2 Å². The van der Waals surface area contributed by atoms with Crippen molar-refractivity contribution >= 4 is 35.1 Å². The molecular formula is C24H27N3O5. The number of esters is 1. The fraction of sp³-hybridized carbons (Fsp3) is 0.333. The van der Waals surface area contributed by atoms with Crippen LogP contribution in [0.5, 0.6) is 5.75 Å². The van der Waals surface area contributed by atoms with Crippen molar-refractivity contribution in [1.29, 1.82) is 0 Å². The summed E-state index contributed by atoms with van der Waals surface area (Å²) in [6, 6.07) is 13.1. The van der Waals surface area contributed by atoms with E-state index in [1.54, 1.807) is 47.4 Å². The largest absolute Gasteiger partial charge is 0.427 e. The van der Waals surface area contributed by atoms with Crippen molar-refractivity contribution < 1.29 is 23.9 Å². The predicted octanol–water partition coefficient (Wildman–Crippen LogP) is 3.45. The lowest BCUT2D eigenvalue weighted by Crippen LogP contribution is -2.42. The van der Waals surface area contributed by atoms with Gasteiger partial charge in [-0.25, -0.2) is 0 Å². The highest BCUT2D eigenvalue weighted by Crippen LogP contribution is 2.28. The highest BCUT2D eigenvalue weighted by Gasteiger charge is 2.39. The first kappa shape index (κ1) is 23.0. The van der Waals surface area contributed by atoms with Crippen LogP contribution >= 0.6 is 0 Å². The lowest BCUT2D eigenvalue weighted by Gasteiger charge is -2.32. The molecule has 1 atom stereocenters. The number of anilines is 2. The molecule has 3 amide bonds. The van der Waals surface area contributed by atoms with Gasteiger partial charge >= 0.3 is 5.97 Å². The first-order valence-corrected chi connectivity index (χ1v) is 10.3. The molecule has 8 nitrogen and oxygen atoms in total. The SMILES string of the molecule is CC(=O)Oc1cccc(C(=O)Nc2ccccc2NC(=O)C2CC(=O)N(C(C)(C)C)C2)c1. The molecule has 2 N–H and O–H groups in total. The topological polar surface area (TPSA) is 105 Å². The molecule has 1 fully saturated rings. The van der Waals surface area contributed by atoms with Crippen LogP contribution in [0.1, 0.15) is 44.5 Å². The molecule has 0 bridgehead atoms. The van der Waals surface area contributed by atoms with Crippen LogP contribution in [-0.4, -0.2) is 40.7 Å². The van der Waals surface area contributed by atoms with E-state index in [0.717, 1.165) is 0 Å². The Morgan fingerprint density at radius 3 is 2.25 bits per heavy atom. The third kappa shape index (κ3) is 5.51. The van der Waals surface area contributed by atoms with Crippen molar-refractivity contribution in [3.05, 3.63) is 54.1 Å². The number of benzene rings is 2. The summed E-state index contributed by atoms with van der Waals surface area (Å²) < 4.78 is 5.02. The summed E-state index contributed by atoms with van der Waals surface area (Å²) in [5.74, 6) is -1.43. The van der Waals surface area contributed by atoms with Gasteiger partial charge in [0.25, 0.3) is 5.91 Å². The van der Waals surface area contributed by atoms with Crippen molar-refractivity contribution in [2.24, 2.45) is 5.92 Å². The van der Waals surface area contributed by atoms with Crippen molar-refractivity contribution in [2.45, 2.75) is 39.7 Å². The van der Waals surface area contributed by atoms with Gasteiger partial charge in [0, 0.05) is 31.0 Å². The van der Waals surface area contributed by atoms with Gasteiger partial charge in [0.15, 0.2) is 0 Å². The number of ether oxygens (including phenoxy) is 1. The minimum absolute atomic E-state index is 0.0492. The number of hydrogen-bond acceptors (Lipinski definition) is 5. The zero-order valence-corrected chi connectivity index (χ0v) is 18.6. The predicted molar refractivity (Wildman–Crippen MR) is 120 cm³/mol. The van der Waals surface area contributed by atoms with Crippen LogP contribution in [0.3, 0.4) is 0 Å². The third-order valence-corrected chi connectivity index (χ3v) is 5.10. The lowest BCUT2D eigenvalue weighted by atomic mass is 10.1. The summed E-state index contributed by atoms with van der Waals surface area (Å²) in [6.07, 6.45) is 0.153. The number of likely N-dealkylation sites (tertiary alicyclic amines) is 1. The van der Waals surface area contributed by atoms with Crippen LogP contribution in [0.2, 0.25) is 0 Å². The summed E-state index contributed by atoms with van der Waals surface area (Å²) in [7, 11) is 0. The molecule has 2 aromatic carbocycles. The molecule has 0 aliphatic carbocycles. The molecule has 8 heteroatoms. The highest BCUT2D eigenvalue weighted by atomic mass is 16.5. The highest BCUT2D eigenvalue weighted by molar-refractivity contribution is 6.08. The van der Waals surface area contributed by atoms with E-state index in [1.165, 1.54) is 13.0 Å². The Morgan fingerprint density at radius 1 is 1.00 bits per heavy atom. The van der Waals surface area contributed by atoms with Crippen molar-refractivity contribution in [3.8, 4) is 5.75 Å². The average molecular weight is 437 g/mol. The normalized spacial score (nSPS) is 15.9. The quantitative estimate of drug-likeness (QED) is 0.551. The maximum atomic E-state index is 12.8. The number of rotatable bonds is 5. The molecule has 0 saturated carbocycles. The molecule has 1 aliphatic heterocycles. The zero-order chi connectivity index (χ0) is 23.5. The number of amides is 3. The maximum Gasteiger partial charge on any atom is 0.308 e. The van der Waals surface area contributed by atoms with Crippen LogP contribution in [0, 0.1) is 5.92 Å². The van der Waals surface area contributed by atoms with Gasteiger partial charge in [-0.3, -0.25) is 19.2 Å². The van der Waals surface area contributed by atoms with E-state index < -0.39 is 17.8 Å². The van der Waals surface area contributed by atoms with Gasteiger partial charge in [-0.05, 0) is 51.1 Å². The Morgan fingerprint density at radius 2 is 1.66 bits per heavy atom. The summed E-state index contributed by atoms with van der Waals surface area (Å²) in [5.41, 5.74) is 0.801. The molecule has 32 heavy (non-hydrogen) atoms. The summed E-state index contributed by atoms with van der Waals surface area (Å²) in [6.45, 7) is 7.45. The first-order chi connectivity index (χ1) is 15.0. The lowest BCUT2D eigenvalue weighted by molar-refractivity contribution is -0.132. The van der Waals surface area contributed by atoms with Gasteiger partial charge in [0.2, 0.25) is 11.8 Å². The molecular weight excluding hydrogens is 410 g/mol. The Labute approximate surface area is 186 Å². The first-order valence-electron chi connectivity index (χ1n) is 10.3. The monoisotopic (exact) mass is 437 g/mol. The molecule has 1 aliphatic rings. The van der Waals surface area contributed by atoms with E-state index in [-0.39, 0.29) is 29.5 Å². The fourth-order valence-electron chi connectivity index (χ4n) is 3.53. The molecule has 1 saturated heterocycles. The average Bonchev–Trinajstić information content (AvgIpc) is 3.11. The second-order valence-electron chi connectivity index (χ2n) is 8.69. The minimum atomic E-state index is -0.481. The Bertz CT molecular complexity index is 1060. The van der Waals surface area contributed by atoms with Crippen molar-refractivity contribution in [2.75, 3.05) is 17.2 Å². The molecule has 2 aromatic rings. The third-order valence-electron chi connectivity index (χ3n) is 5.10. The Kier molecular flexibility index (Phi) is 6.62. The van der Waals surface area contributed by atoms with Gasteiger partial charge in [0.05, 0.1) is 17.3 Å². The fourth-order valence-corrected chi connectivity index (χ4v) is 3.53. The van der Waals surface area contributed by atoms with Gasteiger partial charge in [-0.15, -0.1) is 0 Å². The number of nitrogens with one attached hydrogen (secondary N) is 2. The second kappa shape index (κ2) is 9.21. The smallest absolute Gasteiger partial charge is 0.308 e. The molecule has 1 unspecified atom stereocenters. The van der Waals surface area contributed by atoms with Crippen LogP contribution in [-0.2, 0) is 14.4 Å². The van der Waals surface area contributed by atoms with Gasteiger partial charge in [-0.2, -0.15) is 0 Å². The molecule has 0 aromatic heterocycles. The Balaban J connectivity index is 1.71. The molecule has 0 radical (unpaired) electrons. The van der Waals surface area contributed by atoms with E-state index >= 15 is 0 Å². The standard InChI is InChI=1S/C24H27N3O5/c1-15(28)32-18-9-7-8-16(12-18)22(30)25-19-10-5-6-11-20(19)26-23(31)17-13-21(29)27(14-17)24(2,3)4/h5-12,17H,13-14H2,1-4H3,(H,25,30)(H,26,31). The van der Waals surface area contributed by atoms with E-state index in [0.29, 0.717) is 23.5 Å². The van der Waals surface area contributed by atoms with E-state index in [4.69, 9.17) is 4.74 Å². The van der Waals surface area contributed by atoms with Crippen LogP contribution in [0.15, 0.2) is 48.5 Å². The molecule has 0 spiro atoms. The van der Waals surface area contributed by atoms with E-state index in [2.05, 4.69) is 10.6 Å². The van der Waals surface area contributed by atoms with Crippen molar-refractivity contribution in [1.82, 2.24) is 4.90 Å². The van der Waals surface area contributed by atoms with Crippen molar-refractivity contribution in [3.63, 3.8) is 0 Å². The van der Waals surface area contributed by atoms with Crippen LogP contribution < -0.4 is 15.4 Å². The Hall–Kier alpha value is -3.68. The van der Waals surface area contributed by atoms with E-state index in [1.807, 2.05) is 20.8 Å². The second-order valence-corrected chi connectivity index (χ2v) is 8.69. The molecule has 168 valence electrons. The summed E-state index contributed by atoms with van der Waals surface area (Å²) >= 11 is 0. The summed E-state index contributed by atoms with van der Waals surface area (Å²) in [4.78, 5) is 50.7. The zero-order valence-electron chi connectivity index (χ0n) is 18.6. The minimum Gasteiger partial charge on any atom is -0.427 e. The number of nitrogens with zero attached hydrogens (tertiary/aromatic N) is 1. The number of hydrogen-bond donors (Lipinski definition) is 2. The molecule has 1 heterocycles. The number of carbonyl (C=O) groups is 4. The number of para-hydroxylation sites is 2. The van der Waals surface area contributed by atoms with Gasteiger partial charge in [0.1, 0.15) is 5.75 Å².